The predicted octanol–water partition coefficient (Wildman–Crippen LogP) is 3.48. The SMILES string of the molecule is C=C1CCN(Cc2cccc(OC)c2)CC1(C)C. The lowest BCUT2D eigenvalue weighted by Crippen LogP contribution is -2.40. The lowest BCUT2D eigenvalue weighted by Gasteiger charge is -2.40. The first kappa shape index (κ1) is 13.2. The molecule has 1 saturated heterocycles. The first-order chi connectivity index (χ1) is 8.51. The van der Waals surface area contributed by atoms with E-state index in [4.69, 9.17) is 4.74 Å². The second kappa shape index (κ2) is 5.15. The Balaban J connectivity index is 2.03. The maximum Gasteiger partial charge on any atom is 0.119 e. The standard InChI is InChI=1S/C16H23NO/c1-13-8-9-17(12-16(13,2)3)11-14-6-5-7-15(10-14)18-4/h5-7,10H,1,8-9,11-12H2,2-4H3. The third-order valence-electron chi connectivity index (χ3n) is 3.85. The van der Waals surface area contributed by atoms with Crippen LogP contribution >= 0.6 is 0 Å². The van der Waals surface area contributed by atoms with E-state index in [2.05, 4.69) is 43.5 Å². The van der Waals surface area contributed by atoms with E-state index >= 15 is 0 Å². The smallest absolute Gasteiger partial charge is 0.119 e. The summed E-state index contributed by atoms with van der Waals surface area (Å²) in [6.07, 6.45) is 1.11. The van der Waals surface area contributed by atoms with Crippen LogP contribution in [0.3, 0.4) is 0 Å². The molecule has 1 heterocycles. The van der Waals surface area contributed by atoms with Gasteiger partial charge in [-0.25, -0.2) is 0 Å². The summed E-state index contributed by atoms with van der Waals surface area (Å²) in [7, 11) is 1.72. The highest BCUT2D eigenvalue weighted by Gasteiger charge is 2.29. The van der Waals surface area contributed by atoms with Gasteiger partial charge in [-0.2, -0.15) is 0 Å². The molecule has 0 saturated carbocycles. The Morgan fingerprint density at radius 3 is 2.83 bits per heavy atom. The molecule has 18 heavy (non-hydrogen) atoms. The topological polar surface area (TPSA) is 12.5 Å². The maximum atomic E-state index is 5.27. The normalized spacial score (nSPS) is 19.8. The van der Waals surface area contributed by atoms with Crippen LogP contribution in [-0.2, 0) is 6.54 Å². The predicted molar refractivity (Wildman–Crippen MR) is 75.8 cm³/mol. The van der Waals surface area contributed by atoms with Crippen LogP contribution in [0.4, 0.5) is 0 Å². The molecule has 2 heteroatoms. The molecule has 1 fully saturated rings. The van der Waals surface area contributed by atoms with Gasteiger partial charge in [0, 0.05) is 19.6 Å². The number of methoxy groups -OCH3 is 1. The molecule has 1 aliphatic rings. The summed E-state index contributed by atoms with van der Waals surface area (Å²) >= 11 is 0. The van der Waals surface area contributed by atoms with Gasteiger partial charge in [-0.05, 0) is 29.5 Å². The summed E-state index contributed by atoms with van der Waals surface area (Å²) in [5.41, 5.74) is 2.93. The minimum Gasteiger partial charge on any atom is -0.497 e. The van der Waals surface area contributed by atoms with Crippen LogP contribution in [0.2, 0.25) is 0 Å². The molecule has 0 N–H and O–H groups in total. The largest absolute Gasteiger partial charge is 0.497 e. The second-order valence-electron chi connectivity index (χ2n) is 5.80. The van der Waals surface area contributed by atoms with Crippen LogP contribution in [0.25, 0.3) is 0 Å². The number of nitrogens with zero attached hydrogens (tertiary/aromatic N) is 1. The van der Waals surface area contributed by atoms with E-state index in [0.717, 1.165) is 31.8 Å². The fourth-order valence-electron chi connectivity index (χ4n) is 2.55. The van der Waals surface area contributed by atoms with Gasteiger partial charge in [-0.15, -0.1) is 0 Å². The number of piperidine rings is 1. The lowest BCUT2D eigenvalue weighted by molar-refractivity contribution is 0.159. The summed E-state index contributed by atoms with van der Waals surface area (Å²) in [6.45, 7) is 11.9. The number of benzene rings is 1. The first-order valence-corrected chi connectivity index (χ1v) is 6.55. The van der Waals surface area contributed by atoms with Crippen LogP contribution in [0, 0.1) is 5.41 Å². The average Bonchev–Trinajstić information content (AvgIpc) is 2.34. The Morgan fingerprint density at radius 1 is 1.39 bits per heavy atom. The third-order valence-corrected chi connectivity index (χ3v) is 3.85. The zero-order chi connectivity index (χ0) is 13.2. The maximum absolute atomic E-state index is 5.27. The van der Waals surface area contributed by atoms with Gasteiger partial charge < -0.3 is 4.74 Å². The molecule has 0 aliphatic carbocycles. The Hall–Kier alpha value is -1.28. The van der Waals surface area contributed by atoms with Crippen molar-refractivity contribution in [1.29, 1.82) is 0 Å². The molecular weight excluding hydrogens is 222 g/mol. The molecule has 2 rings (SSSR count). The first-order valence-electron chi connectivity index (χ1n) is 6.55. The van der Waals surface area contributed by atoms with Crippen LogP contribution in [0.15, 0.2) is 36.4 Å². The van der Waals surface area contributed by atoms with E-state index in [1.165, 1.54) is 11.1 Å². The van der Waals surface area contributed by atoms with E-state index in [0.29, 0.717) is 0 Å². The van der Waals surface area contributed by atoms with E-state index in [-0.39, 0.29) is 5.41 Å². The summed E-state index contributed by atoms with van der Waals surface area (Å²) in [4.78, 5) is 2.50. The molecule has 2 nitrogen and oxygen atoms in total. The monoisotopic (exact) mass is 245 g/mol. The molecular formula is C16H23NO. The number of hydrogen-bond donors (Lipinski definition) is 0. The van der Waals surface area contributed by atoms with Crippen molar-refractivity contribution in [3.05, 3.63) is 42.0 Å². The Kier molecular flexibility index (Phi) is 3.76. The molecule has 1 aromatic carbocycles. The zero-order valence-corrected chi connectivity index (χ0v) is 11.7. The molecule has 98 valence electrons. The van der Waals surface area contributed by atoms with Crippen LogP contribution in [0.5, 0.6) is 5.75 Å². The van der Waals surface area contributed by atoms with Crippen LogP contribution in [0.1, 0.15) is 25.8 Å². The molecule has 0 unspecified atom stereocenters. The van der Waals surface area contributed by atoms with Crippen molar-refractivity contribution in [2.45, 2.75) is 26.8 Å². The van der Waals surface area contributed by atoms with Crippen molar-refractivity contribution in [3.63, 3.8) is 0 Å². The molecule has 0 bridgehead atoms. The van der Waals surface area contributed by atoms with Crippen LogP contribution in [-0.4, -0.2) is 25.1 Å². The molecule has 0 amide bonds. The number of likely N-dealkylation sites (tertiary alicyclic amines) is 1. The highest BCUT2D eigenvalue weighted by Crippen LogP contribution is 2.33. The zero-order valence-electron chi connectivity index (χ0n) is 11.7. The van der Waals surface area contributed by atoms with Gasteiger partial charge in [0.15, 0.2) is 0 Å². The second-order valence-corrected chi connectivity index (χ2v) is 5.80. The van der Waals surface area contributed by atoms with E-state index in [1.54, 1.807) is 7.11 Å². The van der Waals surface area contributed by atoms with Crippen molar-refractivity contribution in [2.75, 3.05) is 20.2 Å². The molecule has 0 spiro atoms. The molecule has 0 aromatic heterocycles. The molecule has 0 radical (unpaired) electrons. The number of ether oxygens (including phenoxy) is 1. The molecule has 1 aromatic rings. The quantitative estimate of drug-likeness (QED) is 0.756. The average molecular weight is 245 g/mol. The van der Waals surface area contributed by atoms with Gasteiger partial charge in [0.2, 0.25) is 0 Å². The van der Waals surface area contributed by atoms with E-state index < -0.39 is 0 Å². The highest BCUT2D eigenvalue weighted by atomic mass is 16.5. The Morgan fingerprint density at radius 2 is 2.17 bits per heavy atom. The van der Waals surface area contributed by atoms with Gasteiger partial charge in [-0.1, -0.05) is 38.1 Å². The van der Waals surface area contributed by atoms with E-state index in [9.17, 15) is 0 Å². The highest BCUT2D eigenvalue weighted by molar-refractivity contribution is 5.28. The van der Waals surface area contributed by atoms with Gasteiger partial charge in [0.05, 0.1) is 7.11 Å². The van der Waals surface area contributed by atoms with Crippen molar-refractivity contribution >= 4 is 0 Å². The summed E-state index contributed by atoms with van der Waals surface area (Å²) in [5.74, 6) is 0.938. The Labute approximate surface area is 110 Å². The van der Waals surface area contributed by atoms with E-state index in [1.807, 2.05) is 6.07 Å². The van der Waals surface area contributed by atoms with Gasteiger partial charge in [-0.3, -0.25) is 4.90 Å². The van der Waals surface area contributed by atoms with Gasteiger partial charge in [0.1, 0.15) is 5.75 Å². The summed E-state index contributed by atoms with van der Waals surface area (Å²) in [6, 6.07) is 8.34. The van der Waals surface area contributed by atoms with Crippen molar-refractivity contribution in [2.24, 2.45) is 5.41 Å². The Bertz CT molecular complexity index is 436. The number of rotatable bonds is 3. The molecule has 1 aliphatic heterocycles. The van der Waals surface area contributed by atoms with Gasteiger partial charge in [0.25, 0.3) is 0 Å². The third kappa shape index (κ3) is 2.94. The number of hydrogen-bond acceptors (Lipinski definition) is 2. The summed E-state index contributed by atoms with van der Waals surface area (Å²) in [5, 5.41) is 0. The van der Waals surface area contributed by atoms with Crippen molar-refractivity contribution in [3.8, 4) is 5.75 Å². The minimum atomic E-state index is 0.233. The minimum absolute atomic E-state index is 0.233. The van der Waals surface area contributed by atoms with Gasteiger partial charge >= 0.3 is 0 Å². The lowest BCUT2D eigenvalue weighted by atomic mass is 9.80. The van der Waals surface area contributed by atoms with Crippen molar-refractivity contribution in [1.82, 2.24) is 4.90 Å². The fraction of sp³-hybridized carbons (Fsp3) is 0.500. The molecule has 0 atom stereocenters. The summed E-state index contributed by atoms with van der Waals surface area (Å²) < 4.78 is 5.27. The van der Waals surface area contributed by atoms with Crippen LogP contribution < -0.4 is 4.74 Å². The van der Waals surface area contributed by atoms with Crippen molar-refractivity contribution < 1.29 is 4.74 Å². The fourth-order valence-corrected chi connectivity index (χ4v) is 2.55.